The van der Waals surface area contributed by atoms with Crippen LogP contribution in [0.3, 0.4) is 0 Å². The van der Waals surface area contributed by atoms with E-state index in [1.54, 1.807) is 19.1 Å². The molecule has 1 aromatic carbocycles. The molecule has 5 nitrogen and oxygen atoms in total. The Morgan fingerprint density at radius 1 is 1.44 bits per heavy atom. The second-order valence-corrected chi connectivity index (χ2v) is 4.38. The minimum Gasteiger partial charge on any atom is -0.476 e. The van der Waals surface area contributed by atoms with Gasteiger partial charge < -0.3 is 10.8 Å². The Morgan fingerprint density at radius 2 is 2.06 bits per heavy atom. The van der Waals surface area contributed by atoms with Crippen LogP contribution in [0.1, 0.15) is 21.6 Å². The molecule has 0 unspecified atom stereocenters. The molecule has 0 radical (unpaired) electrons. The Balaban J connectivity index is 2.32. The summed E-state index contributed by atoms with van der Waals surface area (Å²) in [7, 11) is 0. The number of carbonyl (C=O) groups is 1. The van der Waals surface area contributed by atoms with Crippen LogP contribution < -0.4 is 5.73 Å². The average molecular weight is 266 g/mol. The minimum atomic E-state index is -1.07. The summed E-state index contributed by atoms with van der Waals surface area (Å²) >= 11 is 5.79. The van der Waals surface area contributed by atoms with E-state index >= 15 is 0 Å². The molecule has 0 saturated heterocycles. The van der Waals surface area contributed by atoms with Crippen LogP contribution in [0.2, 0.25) is 5.02 Å². The molecule has 94 valence electrons. The van der Waals surface area contributed by atoms with Gasteiger partial charge in [0.2, 0.25) is 0 Å². The van der Waals surface area contributed by atoms with Crippen LogP contribution >= 0.6 is 11.6 Å². The van der Waals surface area contributed by atoms with Gasteiger partial charge in [-0.2, -0.15) is 5.10 Å². The molecule has 1 aromatic heterocycles. The van der Waals surface area contributed by atoms with Crippen LogP contribution in [0.5, 0.6) is 0 Å². The zero-order chi connectivity index (χ0) is 13.3. The zero-order valence-corrected chi connectivity index (χ0v) is 10.5. The molecule has 2 rings (SSSR count). The van der Waals surface area contributed by atoms with Crippen LogP contribution in [-0.4, -0.2) is 20.9 Å². The lowest BCUT2D eigenvalue weighted by molar-refractivity contribution is 0.0688. The molecule has 0 atom stereocenters. The summed E-state index contributed by atoms with van der Waals surface area (Å²) in [6.45, 7) is 2.06. The number of nitrogen functional groups attached to an aromatic ring is 1. The third kappa shape index (κ3) is 2.31. The number of aromatic nitrogens is 2. The fourth-order valence-corrected chi connectivity index (χ4v) is 1.78. The van der Waals surface area contributed by atoms with E-state index in [0.717, 1.165) is 5.56 Å². The number of carboxylic acid groups (broad SMARTS) is 1. The van der Waals surface area contributed by atoms with Crippen molar-refractivity contribution in [2.75, 3.05) is 5.73 Å². The first kappa shape index (κ1) is 12.4. The van der Waals surface area contributed by atoms with Gasteiger partial charge in [-0.15, -0.1) is 0 Å². The van der Waals surface area contributed by atoms with Crippen molar-refractivity contribution < 1.29 is 9.90 Å². The van der Waals surface area contributed by atoms with E-state index in [-0.39, 0.29) is 5.69 Å². The second-order valence-electron chi connectivity index (χ2n) is 3.95. The molecule has 3 N–H and O–H groups in total. The molecule has 0 bridgehead atoms. The van der Waals surface area contributed by atoms with E-state index in [1.807, 2.05) is 12.1 Å². The summed E-state index contributed by atoms with van der Waals surface area (Å²) in [5, 5.41) is 13.6. The van der Waals surface area contributed by atoms with Crippen LogP contribution in [-0.2, 0) is 6.54 Å². The Hall–Kier alpha value is -2.01. The molecule has 0 fully saturated rings. The summed E-state index contributed by atoms with van der Waals surface area (Å²) < 4.78 is 1.47. The Labute approximate surface area is 109 Å². The summed E-state index contributed by atoms with van der Waals surface area (Å²) in [6, 6.07) is 7.22. The predicted molar refractivity (Wildman–Crippen MR) is 68.9 cm³/mol. The van der Waals surface area contributed by atoms with Gasteiger partial charge in [0.25, 0.3) is 0 Å². The number of halogens is 1. The molecule has 0 aliphatic rings. The van der Waals surface area contributed by atoms with Crippen molar-refractivity contribution >= 4 is 23.4 Å². The summed E-state index contributed by atoms with van der Waals surface area (Å²) in [5.41, 5.74) is 7.25. The predicted octanol–water partition coefficient (Wildman–Crippen LogP) is 2.17. The topological polar surface area (TPSA) is 81.1 Å². The standard InChI is InChI=1S/C12H12ClN3O2/c1-7-10(12(17)18)15-16(11(7)14)6-8-2-4-9(13)5-3-8/h2-5H,6,14H2,1H3,(H,17,18). The summed E-state index contributed by atoms with van der Waals surface area (Å²) in [6.07, 6.45) is 0. The highest BCUT2D eigenvalue weighted by atomic mass is 35.5. The minimum absolute atomic E-state index is 0.0125. The number of nitrogens with two attached hydrogens (primary N) is 1. The van der Waals surface area contributed by atoms with E-state index in [1.165, 1.54) is 4.68 Å². The van der Waals surface area contributed by atoms with Gasteiger partial charge >= 0.3 is 5.97 Å². The largest absolute Gasteiger partial charge is 0.476 e. The van der Waals surface area contributed by atoms with Gasteiger partial charge in [0.05, 0.1) is 6.54 Å². The number of nitrogens with zero attached hydrogens (tertiary/aromatic N) is 2. The van der Waals surface area contributed by atoms with Crippen molar-refractivity contribution in [3.05, 3.63) is 46.1 Å². The smallest absolute Gasteiger partial charge is 0.356 e. The fraction of sp³-hybridized carbons (Fsp3) is 0.167. The van der Waals surface area contributed by atoms with Crippen molar-refractivity contribution in [1.29, 1.82) is 0 Å². The first-order valence-electron chi connectivity index (χ1n) is 5.29. The highest BCUT2D eigenvalue weighted by Crippen LogP contribution is 2.18. The molecule has 2 aromatic rings. The van der Waals surface area contributed by atoms with E-state index in [2.05, 4.69) is 5.10 Å². The van der Waals surface area contributed by atoms with Gasteiger partial charge in [-0.25, -0.2) is 9.48 Å². The molecule has 0 spiro atoms. The van der Waals surface area contributed by atoms with Crippen LogP contribution in [0.4, 0.5) is 5.82 Å². The first-order valence-corrected chi connectivity index (χ1v) is 5.67. The Bertz CT molecular complexity index is 590. The average Bonchev–Trinajstić information content (AvgIpc) is 2.60. The molecular formula is C12H12ClN3O2. The number of aromatic carboxylic acids is 1. The molecule has 0 saturated carbocycles. The van der Waals surface area contributed by atoms with E-state index in [4.69, 9.17) is 22.4 Å². The number of hydrogen-bond donors (Lipinski definition) is 2. The maximum Gasteiger partial charge on any atom is 0.356 e. The van der Waals surface area contributed by atoms with Gasteiger partial charge in [0.1, 0.15) is 5.82 Å². The number of rotatable bonds is 3. The third-order valence-corrected chi connectivity index (χ3v) is 2.94. The van der Waals surface area contributed by atoms with E-state index in [0.29, 0.717) is 22.9 Å². The molecule has 0 aliphatic carbocycles. The van der Waals surface area contributed by atoms with E-state index < -0.39 is 5.97 Å². The van der Waals surface area contributed by atoms with Crippen LogP contribution in [0.25, 0.3) is 0 Å². The molecule has 0 aliphatic heterocycles. The van der Waals surface area contributed by atoms with Gasteiger partial charge in [-0.1, -0.05) is 23.7 Å². The third-order valence-electron chi connectivity index (χ3n) is 2.69. The zero-order valence-electron chi connectivity index (χ0n) is 9.72. The van der Waals surface area contributed by atoms with Gasteiger partial charge in [-0.05, 0) is 24.6 Å². The lowest BCUT2D eigenvalue weighted by Crippen LogP contribution is -2.07. The normalized spacial score (nSPS) is 10.6. The number of anilines is 1. The number of carboxylic acids is 1. The quantitative estimate of drug-likeness (QED) is 0.891. The van der Waals surface area contributed by atoms with Crippen molar-refractivity contribution in [3.8, 4) is 0 Å². The first-order chi connectivity index (χ1) is 8.49. The van der Waals surface area contributed by atoms with E-state index in [9.17, 15) is 4.79 Å². The molecule has 0 amide bonds. The van der Waals surface area contributed by atoms with Crippen molar-refractivity contribution in [3.63, 3.8) is 0 Å². The maximum atomic E-state index is 10.9. The summed E-state index contributed by atoms with van der Waals surface area (Å²) in [4.78, 5) is 10.9. The fourth-order valence-electron chi connectivity index (χ4n) is 1.65. The van der Waals surface area contributed by atoms with Gasteiger partial charge in [-0.3, -0.25) is 0 Å². The van der Waals surface area contributed by atoms with Crippen LogP contribution in [0.15, 0.2) is 24.3 Å². The number of hydrogen-bond acceptors (Lipinski definition) is 3. The molecule has 1 heterocycles. The summed E-state index contributed by atoms with van der Waals surface area (Å²) in [5.74, 6) is -0.712. The SMILES string of the molecule is Cc1c(C(=O)O)nn(Cc2ccc(Cl)cc2)c1N. The highest BCUT2D eigenvalue weighted by molar-refractivity contribution is 6.30. The van der Waals surface area contributed by atoms with Crippen molar-refractivity contribution in [2.45, 2.75) is 13.5 Å². The van der Waals surface area contributed by atoms with Crippen molar-refractivity contribution in [1.82, 2.24) is 9.78 Å². The lowest BCUT2D eigenvalue weighted by atomic mass is 10.2. The molecule has 6 heteroatoms. The molecular weight excluding hydrogens is 254 g/mol. The Kier molecular flexibility index (Phi) is 3.25. The monoisotopic (exact) mass is 265 g/mol. The maximum absolute atomic E-state index is 10.9. The second kappa shape index (κ2) is 4.70. The Morgan fingerprint density at radius 3 is 2.56 bits per heavy atom. The van der Waals surface area contributed by atoms with Gasteiger partial charge in [0.15, 0.2) is 5.69 Å². The molecule has 18 heavy (non-hydrogen) atoms. The van der Waals surface area contributed by atoms with Crippen LogP contribution in [0, 0.1) is 6.92 Å². The van der Waals surface area contributed by atoms with Gasteiger partial charge in [0, 0.05) is 10.6 Å². The van der Waals surface area contributed by atoms with Crippen molar-refractivity contribution in [2.24, 2.45) is 0 Å². The highest BCUT2D eigenvalue weighted by Gasteiger charge is 2.17. The lowest BCUT2D eigenvalue weighted by Gasteiger charge is -2.04. The number of benzene rings is 1.